The van der Waals surface area contributed by atoms with E-state index in [0.717, 1.165) is 0 Å². The van der Waals surface area contributed by atoms with Crippen LogP contribution in [0.3, 0.4) is 0 Å². The van der Waals surface area contributed by atoms with Crippen LogP contribution in [-0.4, -0.2) is 32.2 Å². The topological polar surface area (TPSA) is 94.1 Å². The van der Waals surface area contributed by atoms with Crippen LogP contribution in [-0.2, 0) is 11.3 Å². The first-order valence-corrected chi connectivity index (χ1v) is 9.62. The van der Waals surface area contributed by atoms with E-state index in [1.165, 1.54) is 23.2 Å². The van der Waals surface area contributed by atoms with Gasteiger partial charge < -0.3 is 19.6 Å². The summed E-state index contributed by atoms with van der Waals surface area (Å²) in [4.78, 5) is 25.3. The molecule has 8 nitrogen and oxygen atoms in total. The Morgan fingerprint density at radius 2 is 1.90 bits per heavy atom. The monoisotopic (exact) mass is 421 g/mol. The van der Waals surface area contributed by atoms with Crippen molar-refractivity contribution in [3.05, 3.63) is 90.5 Å². The van der Waals surface area contributed by atoms with Gasteiger partial charge in [-0.05, 0) is 43.3 Å². The molecule has 0 aliphatic heterocycles. The predicted octanol–water partition coefficient (Wildman–Crippen LogP) is 2.83. The number of benzene rings is 1. The van der Waals surface area contributed by atoms with E-state index in [-0.39, 0.29) is 23.7 Å². The summed E-state index contributed by atoms with van der Waals surface area (Å²) in [5.74, 6) is -0.388. The first kappa shape index (κ1) is 20.1. The summed E-state index contributed by atoms with van der Waals surface area (Å²) >= 11 is 0. The molecule has 2 N–H and O–H groups in total. The van der Waals surface area contributed by atoms with E-state index in [1.807, 2.05) is 0 Å². The maximum absolute atomic E-state index is 14.4. The van der Waals surface area contributed by atoms with Crippen molar-refractivity contribution in [2.45, 2.75) is 19.5 Å². The number of nitrogens with one attached hydrogen (secondary N) is 2. The third-order valence-electron chi connectivity index (χ3n) is 4.68. The Labute approximate surface area is 177 Å². The lowest BCUT2D eigenvalue weighted by Gasteiger charge is -2.15. The number of carbonyl (C=O) groups is 2. The summed E-state index contributed by atoms with van der Waals surface area (Å²) in [6.07, 6.45) is 6.32. The number of amides is 2. The molecule has 0 aliphatic rings. The molecule has 0 spiro atoms. The highest BCUT2D eigenvalue weighted by Gasteiger charge is 2.24. The van der Waals surface area contributed by atoms with Crippen molar-refractivity contribution in [3.63, 3.8) is 0 Å². The summed E-state index contributed by atoms with van der Waals surface area (Å²) in [5, 5.41) is 9.59. The van der Waals surface area contributed by atoms with Crippen LogP contribution in [0.4, 0.5) is 4.39 Å². The third kappa shape index (κ3) is 4.25. The Balaban J connectivity index is 1.57. The predicted molar refractivity (Wildman–Crippen MR) is 110 cm³/mol. The minimum atomic E-state index is -0.809. The molecule has 0 aliphatic carbocycles. The molecule has 1 unspecified atom stereocenters. The standard InChI is InChI=1S/C22H20FN5O3/c1-15(20(29)24-13-16-7-6-12-31-16)26-21(30)17-14-25-28(19-9-3-2-8-18(19)23)22(17)27-10-4-5-11-27/h2-12,14-15H,13H2,1H3,(H,24,29)(H,26,30). The minimum absolute atomic E-state index is 0.199. The number of hydrogen-bond acceptors (Lipinski definition) is 4. The number of halogens is 1. The molecule has 3 aromatic heterocycles. The quantitative estimate of drug-likeness (QED) is 0.480. The SMILES string of the molecule is CC(NC(=O)c1cnn(-c2ccccc2F)c1-n1cccc1)C(=O)NCc1ccco1. The van der Waals surface area contributed by atoms with Gasteiger partial charge in [-0.1, -0.05) is 12.1 Å². The Hall–Kier alpha value is -4.14. The minimum Gasteiger partial charge on any atom is -0.467 e. The van der Waals surface area contributed by atoms with E-state index < -0.39 is 17.8 Å². The summed E-state index contributed by atoms with van der Waals surface area (Å²) in [7, 11) is 0. The average molecular weight is 421 g/mol. The number of rotatable bonds is 7. The molecule has 1 atom stereocenters. The lowest BCUT2D eigenvalue weighted by molar-refractivity contribution is -0.122. The molecule has 1 aromatic carbocycles. The van der Waals surface area contributed by atoms with E-state index in [1.54, 1.807) is 66.3 Å². The molecule has 0 saturated carbocycles. The van der Waals surface area contributed by atoms with Crippen LogP contribution < -0.4 is 10.6 Å². The highest BCUT2D eigenvalue weighted by atomic mass is 19.1. The van der Waals surface area contributed by atoms with Gasteiger partial charge in [-0.15, -0.1) is 0 Å². The fourth-order valence-corrected chi connectivity index (χ4v) is 3.11. The number of carbonyl (C=O) groups excluding carboxylic acids is 2. The van der Waals surface area contributed by atoms with Gasteiger partial charge >= 0.3 is 0 Å². The van der Waals surface area contributed by atoms with Gasteiger partial charge in [0.25, 0.3) is 5.91 Å². The van der Waals surface area contributed by atoms with Gasteiger partial charge in [0.15, 0.2) is 5.82 Å². The van der Waals surface area contributed by atoms with Crippen LogP contribution in [0.25, 0.3) is 11.5 Å². The first-order valence-electron chi connectivity index (χ1n) is 9.62. The fourth-order valence-electron chi connectivity index (χ4n) is 3.11. The largest absolute Gasteiger partial charge is 0.467 e. The van der Waals surface area contributed by atoms with Crippen LogP contribution in [0, 0.1) is 5.82 Å². The van der Waals surface area contributed by atoms with Crippen molar-refractivity contribution in [1.29, 1.82) is 0 Å². The second-order valence-corrected chi connectivity index (χ2v) is 6.83. The van der Waals surface area contributed by atoms with Crippen molar-refractivity contribution in [2.24, 2.45) is 0 Å². The van der Waals surface area contributed by atoms with E-state index in [2.05, 4.69) is 15.7 Å². The van der Waals surface area contributed by atoms with Crippen molar-refractivity contribution >= 4 is 11.8 Å². The number of para-hydroxylation sites is 1. The Kier molecular flexibility index (Phi) is 5.65. The van der Waals surface area contributed by atoms with Crippen LogP contribution in [0.5, 0.6) is 0 Å². The van der Waals surface area contributed by atoms with Gasteiger partial charge in [0.2, 0.25) is 5.91 Å². The van der Waals surface area contributed by atoms with E-state index in [9.17, 15) is 14.0 Å². The lowest BCUT2D eigenvalue weighted by Crippen LogP contribution is -2.44. The second kappa shape index (κ2) is 8.70. The number of aromatic nitrogens is 3. The van der Waals surface area contributed by atoms with Gasteiger partial charge in [-0.3, -0.25) is 9.59 Å². The van der Waals surface area contributed by atoms with Crippen molar-refractivity contribution in [1.82, 2.24) is 25.0 Å². The van der Waals surface area contributed by atoms with Gasteiger partial charge in [-0.25, -0.2) is 9.07 Å². The summed E-state index contributed by atoms with van der Waals surface area (Å²) in [6, 6.07) is 12.4. The van der Waals surface area contributed by atoms with E-state index in [0.29, 0.717) is 11.6 Å². The van der Waals surface area contributed by atoms with Crippen LogP contribution >= 0.6 is 0 Å². The molecule has 31 heavy (non-hydrogen) atoms. The molecule has 0 fully saturated rings. The molecule has 0 radical (unpaired) electrons. The summed E-state index contributed by atoms with van der Waals surface area (Å²) in [5.41, 5.74) is 0.402. The zero-order chi connectivity index (χ0) is 21.8. The van der Waals surface area contributed by atoms with E-state index >= 15 is 0 Å². The molecule has 4 rings (SSSR count). The molecule has 0 bridgehead atoms. The maximum atomic E-state index is 14.4. The molecular weight excluding hydrogens is 401 g/mol. The van der Waals surface area contributed by atoms with Crippen molar-refractivity contribution < 1.29 is 18.4 Å². The Morgan fingerprint density at radius 1 is 1.13 bits per heavy atom. The zero-order valence-corrected chi connectivity index (χ0v) is 16.7. The van der Waals surface area contributed by atoms with Crippen LogP contribution in [0.1, 0.15) is 23.0 Å². The Bertz CT molecular complexity index is 1180. The second-order valence-electron chi connectivity index (χ2n) is 6.83. The van der Waals surface area contributed by atoms with Gasteiger partial charge in [0.1, 0.15) is 28.9 Å². The molecular formula is C22H20FN5O3. The zero-order valence-electron chi connectivity index (χ0n) is 16.7. The molecule has 158 valence electrons. The van der Waals surface area contributed by atoms with Crippen LogP contribution in [0.15, 0.2) is 77.8 Å². The first-order chi connectivity index (χ1) is 15.0. The van der Waals surface area contributed by atoms with Gasteiger partial charge in [-0.2, -0.15) is 5.10 Å². The average Bonchev–Trinajstić information content (AvgIpc) is 3.53. The number of hydrogen-bond donors (Lipinski definition) is 2. The fraction of sp³-hybridized carbons (Fsp3) is 0.136. The molecule has 2 amide bonds. The number of nitrogens with zero attached hydrogens (tertiary/aromatic N) is 3. The molecule has 4 aromatic rings. The highest BCUT2D eigenvalue weighted by Crippen LogP contribution is 2.21. The lowest BCUT2D eigenvalue weighted by atomic mass is 10.2. The smallest absolute Gasteiger partial charge is 0.257 e. The Morgan fingerprint density at radius 3 is 2.61 bits per heavy atom. The normalized spacial score (nSPS) is 11.8. The molecule has 0 saturated heterocycles. The van der Waals surface area contributed by atoms with Gasteiger partial charge in [0, 0.05) is 12.4 Å². The molecule has 3 heterocycles. The molecule has 9 heteroatoms. The van der Waals surface area contributed by atoms with Crippen molar-refractivity contribution in [2.75, 3.05) is 0 Å². The summed E-state index contributed by atoms with van der Waals surface area (Å²) < 4.78 is 22.6. The van der Waals surface area contributed by atoms with Crippen LogP contribution in [0.2, 0.25) is 0 Å². The maximum Gasteiger partial charge on any atom is 0.257 e. The summed E-state index contributed by atoms with van der Waals surface area (Å²) in [6.45, 7) is 1.79. The third-order valence-corrected chi connectivity index (χ3v) is 4.68. The highest BCUT2D eigenvalue weighted by molar-refractivity contribution is 5.99. The van der Waals surface area contributed by atoms with Gasteiger partial charge in [0.05, 0.1) is 19.0 Å². The van der Waals surface area contributed by atoms with E-state index in [4.69, 9.17) is 4.42 Å². The number of furan rings is 1. The van der Waals surface area contributed by atoms with Crippen molar-refractivity contribution in [3.8, 4) is 11.5 Å².